The van der Waals surface area contributed by atoms with E-state index in [0.717, 1.165) is 44.8 Å². The third-order valence-electron chi connectivity index (χ3n) is 5.68. The monoisotopic (exact) mass is 684 g/mol. The summed E-state index contributed by atoms with van der Waals surface area (Å²) in [6, 6.07) is 20.1. The van der Waals surface area contributed by atoms with Crippen LogP contribution in [0.3, 0.4) is 0 Å². The first kappa shape index (κ1) is 22.4. The molecule has 5 rings (SSSR count). The number of nitrogens with zero attached hydrogens (tertiary/aromatic N) is 1. The molecule has 0 saturated carbocycles. The van der Waals surface area contributed by atoms with Gasteiger partial charge in [0.05, 0.1) is 12.6 Å². The first-order valence-electron chi connectivity index (χ1n) is 14.7. The molecule has 3 nitrogen and oxygen atoms in total. The molecule has 38 heavy (non-hydrogen) atoms. The van der Waals surface area contributed by atoms with Crippen LogP contribution in [0.5, 0.6) is 0 Å². The predicted octanol–water partition coefficient (Wildman–Crippen LogP) is 8.76. The molecule has 0 atom stereocenters. The summed E-state index contributed by atoms with van der Waals surface area (Å²) in [7, 11) is 0. The summed E-state index contributed by atoms with van der Waals surface area (Å²) in [4.78, 5) is 14.7. The Bertz CT molecular complexity index is 1820. The minimum absolute atomic E-state index is 0. The summed E-state index contributed by atoms with van der Waals surface area (Å²) in [5.41, 5.74) is 3.19. The van der Waals surface area contributed by atoms with Crippen LogP contribution in [-0.2, 0) is 31.3 Å². The molecule has 4 heteroatoms. The van der Waals surface area contributed by atoms with Crippen molar-refractivity contribution in [2.24, 2.45) is 5.92 Å². The van der Waals surface area contributed by atoms with Crippen LogP contribution in [-0.4, -0.2) is 15.9 Å². The van der Waals surface area contributed by atoms with Gasteiger partial charge >= 0.3 is 0 Å². The maximum absolute atomic E-state index is 10.0. The Morgan fingerprint density at radius 1 is 0.974 bits per heavy atom. The van der Waals surface area contributed by atoms with E-state index in [-0.39, 0.29) is 61.4 Å². The zero-order valence-corrected chi connectivity index (χ0v) is 24.2. The maximum Gasteiger partial charge on any atom is 0.155 e. The molecule has 0 spiro atoms. The molecule has 1 N–H and O–H groups in total. The molecular weight excluding hydrogens is 647 g/mol. The predicted molar refractivity (Wildman–Crippen MR) is 155 cm³/mol. The number of pyridine rings is 1. The minimum atomic E-state index is -0.392. The third kappa shape index (κ3) is 7.25. The number of aliphatic hydroxyl groups is 1. The van der Waals surface area contributed by atoms with Crippen molar-refractivity contribution >= 4 is 27.3 Å². The normalized spacial score (nSPS) is 13.0. The van der Waals surface area contributed by atoms with E-state index in [1.165, 1.54) is 19.9 Å². The second kappa shape index (κ2) is 13.3. The zero-order valence-electron chi connectivity index (χ0n) is 26.8. The smallest absolute Gasteiger partial charge is 0.155 e. The molecule has 0 saturated heterocycles. The Kier molecular flexibility index (Phi) is 7.83. The zero-order chi connectivity index (χ0) is 30.7. The maximum atomic E-state index is 10.0. The molecule has 1 heterocycles. The van der Waals surface area contributed by atoms with E-state index in [1.54, 1.807) is 6.20 Å². The van der Waals surface area contributed by atoms with Crippen LogP contribution in [0.15, 0.2) is 103 Å². The quantitative estimate of drug-likeness (QED) is 0.0873. The summed E-state index contributed by atoms with van der Waals surface area (Å²) in [5, 5.41) is 12.7. The minimum Gasteiger partial charge on any atom is -0.512 e. The van der Waals surface area contributed by atoms with Crippen LogP contribution in [0.25, 0.3) is 43.9 Å². The number of hydrogen-bond donors (Lipinski definition) is 1. The van der Waals surface area contributed by atoms with E-state index >= 15 is 0 Å². The fraction of sp³-hybridized carbons (Fsp3) is 0.176. The number of aromatic nitrogens is 1. The number of aliphatic hydroxyl groups excluding tert-OH is 1. The van der Waals surface area contributed by atoms with E-state index in [4.69, 9.17) is 16.9 Å². The Hall–Kier alpha value is -3.59. The molecule has 195 valence electrons. The van der Waals surface area contributed by atoms with Crippen molar-refractivity contribution in [1.29, 1.82) is 0 Å². The van der Waals surface area contributed by atoms with Gasteiger partial charge in [-0.2, -0.15) is 0 Å². The molecular formula is C34H32IrNO2-. The van der Waals surface area contributed by atoms with Gasteiger partial charge in [-0.25, -0.2) is 0 Å². The molecule has 1 aromatic heterocycles. The van der Waals surface area contributed by atoms with Gasteiger partial charge in [0.1, 0.15) is 0 Å². The summed E-state index contributed by atoms with van der Waals surface area (Å²) in [6.45, 7) is 7.08. The molecule has 0 amide bonds. The standard InChI is InChI=1S/C29H24N.C5H8O2.Ir/c1-20(2)16-21-17-24(22-8-4-3-5-9-22)19-25(18-21)29-28-13-12-23-10-6-7-11-26(23)27(28)14-15-30-29;1-4(6)3-5(2)7;/h3-15,17,19-20H,16H2,1-2H3;3,6H,1-2H3;/q-1;;/b;4-3-;/i3D,4D,5D,8D,9D;;. The van der Waals surface area contributed by atoms with Gasteiger partial charge in [0.15, 0.2) is 5.78 Å². The van der Waals surface area contributed by atoms with E-state index < -0.39 is 6.04 Å². The van der Waals surface area contributed by atoms with E-state index in [1.807, 2.05) is 30.3 Å². The van der Waals surface area contributed by atoms with Crippen molar-refractivity contribution in [2.45, 2.75) is 34.1 Å². The number of rotatable bonds is 5. The van der Waals surface area contributed by atoms with Crippen molar-refractivity contribution in [3.63, 3.8) is 0 Å². The largest absolute Gasteiger partial charge is 0.512 e. The van der Waals surface area contributed by atoms with Crippen LogP contribution >= 0.6 is 0 Å². The van der Waals surface area contributed by atoms with Crippen molar-refractivity contribution in [2.75, 3.05) is 0 Å². The van der Waals surface area contributed by atoms with Gasteiger partial charge in [-0.3, -0.25) is 4.79 Å². The molecule has 0 aliphatic carbocycles. The fourth-order valence-corrected chi connectivity index (χ4v) is 4.29. The SMILES string of the molecule is CC(=O)/C=C(/C)O.[2H]c1c([2H])c([2H])c(-c2cc(CC(C)C)[c-]c(-c3nccc4c3ccc3ccccc34)c2)c([2H])c1[2H].[Ir]. The van der Waals surface area contributed by atoms with Crippen LogP contribution in [0.2, 0.25) is 0 Å². The van der Waals surface area contributed by atoms with Crippen molar-refractivity contribution < 1.29 is 36.9 Å². The molecule has 5 aromatic rings. The fourth-order valence-electron chi connectivity index (χ4n) is 4.29. The molecule has 4 aromatic carbocycles. The van der Waals surface area contributed by atoms with Crippen LogP contribution in [0, 0.1) is 12.0 Å². The first-order valence-corrected chi connectivity index (χ1v) is 12.2. The number of hydrogen-bond acceptors (Lipinski definition) is 3. The van der Waals surface area contributed by atoms with Crippen LogP contribution < -0.4 is 0 Å². The third-order valence-corrected chi connectivity index (χ3v) is 5.68. The Balaban J connectivity index is 0.000000567. The first-order chi connectivity index (χ1) is 19.9. The molecule has 1 radical (unpaired) electrons. The van der Waals surface area contributed by atoms with E-state index in [2.05, 4.69) is 44.2 Å². The van der Waals surface area contributed by atoms with Gasteiger partial charge < -0.3 is 10.1 Å². The number of ketones is 1. The number of fused-ring (bicyclic) bond motifs is 3. The average Bonchev–Trinajstić information content (AvgIpc) is 2.94. The van der Waals surface area contributed by atoms with Gasteiger partial charge in [0.2, 0.25) is 0 Å². The molecule has 0 bridgehead atoms. The number of carbonyl (C=O) groups is 1. The second-order valence-corrected chi connectivity index (χ2v) is 9.34. The second-order valence-electron chi connectivity index (χ2n) is 9.34. The Morgan fingerprint density at radius 2 is 1.71 bits per heavy atom. The van der Waals surface area contributed by atoms with Crippen molar-refractivity contribution in [3.8, 4) is 22.4 Å². The Labute approximate surface area is 245 Å². The molecule has 0 aliphatic rings. The van der Waals surface area contributed by atoms with Gasteiger partial charge in [-0.1, -0.05) is 80.5 Å². The van der Waals surface area contributed by atoms with E-state index in [9.17, 15) is 4.79 Å². The van der Waals surface area contributed by atoms with E-state index in [0.29, 0.717) is 11.5 Å². The summed E-state index contributed by atoms with van der Waals surface area (Å²) in [5.74, 6) is 0.298. The van der Waals surface area contributed by atoms with Gasteiger partial charge in [0.25, 0.3) is 0 Å². The summed E-state index contributed by atoms with van der Waals surface area (Å²) >= 11 is 0. The molecule has 0 aliphatic heterocycles. The van der Waals surface area contributed by atoms with Crippen molar-refractivity contribution in [1.82, 2.24) is 4.98 Å². The van der Waals surface area contributed by atoms with Crippen molar-refractivity contribution in [3.05, 3.63) is 114 Å². The average molecular weight is 684 g/mol. The number of benzene rings is 4. The molecule has 0 unspecified atom stereocenters. The number of allylic oxidation sites excluding steroid dienone is 2. The summed E-state index contributed by atoms with van der Waals surface area (Å²) < 4.78 is 41.2. The number of carbonyl (C=O) groups excluding carboxylic acids is 1. The summed E-state index contributed by atoms with van der Waals surface area (Å²) in [6.07, 6.45) is 3.70. The van der Waals surface area contributed by atoms with Gasteiger partial charge in [0, 0.05) is 32.4 Å². The molecule has 0 fully saturated rings. The van der Waals surface area contributed by atoms with Gasteiger partial charge in [-0.05, 0) is 65.1 Å². The van der Waals surface area contributed by atoms with Crippen LogP contribution in [0.4, 0.5) is 0 Å². The Morgan fingerprint density at radius 3 is 2.37 bits per heavy atom. The van der Waals surface area contributed by atoms with Gasteiger partial charge in [-0.15, -0.1) is 34.9 Å². The van der Waals surface area contributed by atoms with Crippen LogP contribution in [0.1, 0.15) is 40.1 Å². The topological polar surface area (TPSA) is 50.2 Å².